The molecule has 0 bridgehead atoms. The molecule has 0 aliphatic carbocycles. The van der Waals surface area contributed by atoms with Gasteiger partial charge in [0.05, 0.1) is 11.4 Å². The lowest BCUT2D eigenvalue weighted by molar-refractivity contribution is 1.07. The third kappa shape index (κ3) is 1.66. The minimum absolute atomic E-state index is 0.444. The number of hydrogen-bond donors (Lipinski definition) is 0. The first kappa shape index (κ1) is 8.90. The van der Waals surface area contributed by atoms with Gasteiger partial charge in [-0.15, -0.1) is 0 Å². The molecule has 2 rings (SSSR count). The molecule has 3 nitrogen and oxygen atoms in total. The first-order chi connectivity index (χ1) is 6.31. The zero-order valence-electron chi connectivity index (χ0n) is 7.39. The Kier molecular flexibility index (Phi) is 2.46. The van der Waals surface area contributed by atoms with Gasteiger partial charge in [0, 0.05) is 0 Å². The Labute approximate surface area is 84.6 Å². The van der Waals surface area contributed by atoms with Crippen LogP contribution in [0, 0.1) is 0 Å². The van der Waals surface area contributed by atoms with E-state index in [4.69, 9.17) is 0 Å². The first-order valence-electron chi connectivity index (χ1n) is 3.90. The molecule has 0 aromatic carbocycles. The summed E-state index contributed by atoms with van der Waals surface area (Å²) >= 11 is 3.44. The van der Waals surface area contributed by atoms with E-state index in [0.717, 1.165) is 15.4 Å². The van der Waals surface area contributed by atoms with Crippen molar-refractivity contribution in [3.05, 3.63) is 17.5 Å². The summed E-state index contributed by atoms with van der Waals surface area (Å²) in [5.41, 5.74) is 0.906. The lowest BCUT2D eigenvalue weighted by atomic mass is 10.5. The summed E-state index contributed by atoms with van der Waals surface area (Å²) in [6.45, 7) is 2.15. The molecule has 0 saturated heterocycles. The normalized spacial score (nSPS) is 13.4. The summed E-state index contributed by atoms with van der Waals surface area (Å²) < 4.78 is 0. The van der Waals surface area contributed by atoms with Crippen molar-refractivity contribution in [2.45, 2.75) is 12.2 Å². The lowest BCUT2D eigenvalue weighted by Gasteiger charge is -2.00. The SMILES string of the molecule is CSC(C)c1nc2cncnc2s1. The summed E-state index contributed by atoms with van der Waals surface area (Å²) in [6, 6.07) is 0. The van der Waals surface area contributed by atoms with Gasteiger partial charge in [-0.1, -0.05) is 11.3 Å². The maximum atomic E-state index is 4.46. The fourth-order valence-electron chi connectivity index (χ4n) is 0.982. The van der Waals surface area contributed by atoms with Crippen molar-refractivity contribution in [3.8, 4) is 0 Å². The molecule has 0 spiro atoms. The van der Waals surface area contributed by atoms with Gasteiger partial charge in [0.25, 0.3) is 0 Å². The van der Waals surface area contributed by atoms with Crippen LogP contribution in [0.3, 0.4) is 0 Å². The Balaban J connectivity index is 2.49. The van der Waals surface area contributed by atoms with Gasteiger partial charge in [0.2, 0.25) is 0 Å². The van der Waals surface area contributed by atoms with Gasteiger partial charge < -0.3 is 0 Å². The molecule has 1 atom stereocenters. The largest absolute Gasteiger partial charge is 0.242 e. The van der Waals surface area contributed by atoms with Gasteiger partial charge in [-0.3, -0.25) is 0 Å². The van der Waals surface area contributed by atoms with Crippen LogP contribution in [0.5, 0.6) is 0 Å². The van der Waals surface area contributed by atoms with E-state index in [1.807, 2.05) is 0 Å². The molecule has 0 fully saturated rings. The van der Waals surface area contributed by atoms with Crippen molar-refractivity contribution in [3.63, 3.8) is 0 Å². The van der Waals surface area contributed by atoms with E-state index >= 15 is 0 Å². The monoisotopic (exact) mass is 211 g/mol. The highest BCUT2D eigenvalue weighted by molar-refractivity contribution is 7.98. The second kappa shape index (κ2) is 3.59. The standard InChI is InChI=1S/C8H9N3S2/c1-5(12-2)7-11-6-3-9-4-10-8(6)13-7/h3-5H,1-2H3. The maximum Gasteiger partial charge on any atom is 0.146 e. The van der Waals surface area contributed by atoms with Crippen molar-refractivity contribution in [1.29, 1.82) is 0 Å². The highest BCUT2D eigenvalue weighted by atomic mass is 32.2. The van der Waals surface area contributed by atoms with Gasteiger partial charge in [0.1, 0.15) is 21.7 Å². The highest BCUT2D eigenvalue weighted by Crippen LogP contribution is 2.31. The molecule has 0 radical (unpaired) electrons. The Bertz CT molecular complexity index is 379. The molecule has 2 heterocycles. The maximum absolute atomic E-state index is 4.46. The van der Waals surface area contributed by atoms with E-state index in [2.05, 4.69) is 28.1 Å². The van der Waals surface area contributed by atoms with Crippen LogP contribution >= 0.6 is 23.1 Å². The molecule has 5 heteroatoms. The van der Waals surface area contributed by atoms with Crippen molar-refractivity contribution < 1.29 is 0 Å². The summed E-state index contributed by atoms with van der Waals surface area (Å²) in [5.74, 6) is 0. The molecular weight excluding hydrogens is 202 g/mol. The number of rotatable bonds is 2. The second-order valence-corrected chi connectivity index (χ2v) is 4.83. The van der Waals surface area contributed by atoms with Crippen molar-refractivity contribution in [2.75, 3.05) is 6.26 Å². The zero-order valence-corrected chi connectivity index (χ0v) is 9.02. The van der Waals surface area contributed by atoms with Crippen molar-refractivity contribution >= 4 is 33.4 Å². The molecule has 0 aliphatic heterocycles. The van der Waals surface area contributed by atoms with Crippen LogP contribution in [0.2, 0.25) is 0 Å². The van der Waals surface area contributed by atoms with Gasteiger partial charge in [-0.2, -0.15) is 11.8 Å². The predicted octanol–water partition coefficient (Wildman–Crippen LogP) is 2.51. The van der Waals surface area contributed by atoms with Crippen LogP contribution in [0.4, 0.5) is 0 Å². The lowest BCUT2D eigenvalue weighted by Crippen LogP contribution is -1.84. The molecule has 0 aliphatic rings. The van der Waals surface area contributed by atoms with Crippen LogP contribution in [-0.2, 0) is 0 Å². The summed E-state index contributed by atoms with van der Waals surface area (Å²) in [4.78, 5) is 13.5. The zero-order chi connectivity index (χ0) is 9.26. The van der Waals surface area contributed by atoms with Gasteiger partial charge in [0.15, 0.2) is 0 Å². The number of fused-ring (bicyclic) bond motifs is 1. The average Bonchev–Trinajstić information content (AvgIpc) is 2.59. The summed E-state index contributed by atoms with van der Waals surface area (Å²) in [5, 5.41) is 1.57. The Hall–Kier alpha value is -0.680. The molecule has 0 N–H and O–H groups in total. The van der Waals surface area contributed by atoms with Crippen LogP contribution in [0.1, 0.15) is 17.2 Å². The number of hydrogen-bond acceptors (Lipinski definition) is 5. The molecule has 2 aromatic heterocycles. The average molecular weight is 211 g/mol. The molecule has 0 amide bonds. The minimum atomic E-state index is 0.444. The van der Waals surface area contributed by atoms with Crippen LogP contribution < -0.4 is 0 Å². The number of thioether (sulfide) groups is 1. The van der Waals surface area contributed by atoms with E-state index in [-0.39, 0.29) is 0 Å². The smallest absolute Gasteiger partial charge is 0.146 e. The molecular formula is C8H9N3S2. The number of nitrogens with zero attached hydrogens (tertiary/aromatic N) is 3. The van der Waals surface area contributed by atoms with Crippen molar-refractivity contribution in [1.82, 2.24) is 15.0 Å². The molecule has 2 aromatic rings. The summed E-state index contributed by atoms with van der Waals surface area (Å²) in [6.07, 6.45) is 5.41. The van der Waals surface area contributed by atoms with Gasteiger partial charge >= 0.3 is 0 Å². The van der Waals surface area contributed by atoms with Crippen LogP contribution in [0.15, 0.2) is 12.5 Å². The summed E-state index contributed by atoms with van der Waals surface area (Å²) in [7, 11) is 0. The van der Waals surface area contributed by atoms with E-state index < -0.39 is 0 Å². The number of thiazole rings is 1. The predicted molar refractivity (Wildman–Crippen MR) is 57.1 cm³/mol. The van der Waals surface area contributed by atoms with Crippen LogP contribution in [0.25, 0.3) is 10.3 Å². The second-order valence-electron chi connectivity index (χ2n) is 2.64. The Morgan fingerprint density at radius 2 is 2.38 bits per heavy atom. The fraction of sp³-hybridized carbons (Fsp3) is 0.375. The molecule has 68 valence electrons. The van der Waals surface area contributed by atoms with E-state index in [9.17, 15) is 0 Å². The van der Waals surface area contributed by atoms with E-state index in [1.54, 1.807) is 35.6 Å². The third-order valence-electron chi connectivity index (χ3n) is 1.79. The van der Waals surface area contributed by atoms with Gasteiger partial charge in [-0.25, -0.2) is 15.0 Å². The van der Waals surface area contributed by atoms with Crippen molar-refractivity contribution in [2.24, 2.45) is 0 Å². The van der Waals surface area contributed by atoms with E-state index in [0.29, 0.717) is 5.25 Å². The number of aromatic nitrogens is 3. The topological polar surface area (TPSA) is 38.7 Å². The first-order valence-corrected chi connectivity index (χ1v) is 6.01. The molecule has 0 saturated carbocycles. The molecule has 13 heavy (non-hydrogen) atoms. The Morgan fingerprint density at radius 3 is 3.08 bits per heavy atom. The third-order valence-corrected chi connectivity index (χ3v) is 4.03. The fourth-order valence-corrected chi connectivity index (χ4v) is 2.48. The quantitative estimate of drug-likeness (QED) is 0.765. The minimum Gasteiger partial charge on any atom is -0.242 e. The van der Waals surface area contributed by atoms with E-state index in [1.165, 1.54) is 0 Å². The Morgan fingerprint density at radius 1 is 1.54 bits per heavy atom. The van der Waals surface area contributed by atoms with Gasteiger partial charge in [-0.05, 0) is 13.2 Å². The van der Waals surface area contributed by atoms with Crippen LogP contribution in [-0.4, -0.2) is 21.2 Å². The highest BCUT2D eigenvalue weighted by Gasteiger charge is 2.10. The molecule has 1 unspecified atom stereocenters.